The fourth-order valence-electron chi connectivity index (χ4n) is 4.75. The first kappa shape index (κ1) is 38.4. The normalized spacial score (nSPS) is 13.1. The van der Waals surface area contributed by atoms with Crippen molar-refractivity contribution in [2.24, 2.45) is 5.73 Å². The molecule has 2 aromatic rings. The molecule has 0 heterocycles. The fraction of sp³-hybridized carbons (Fsp3) is 0.531. The van der Waals surface area contributed by atoms with Crippen LogP contribution in [0.1, 0.15) is 63.5 Å². The van der Waals surface area contributed by atoms with E-state index in [4.69, 9.17) is 10.5 Å². The number of nitrogens with one attached hydrogen (secondary N) is 2. The minimum absolute atomic E-state index is 0.0423. The van der Waals surface area contributed by atoms with Gasteiger partial charge in [0.15, 0.2) is 0 Å². The molecule has 0 unspecified atom stereocenters. The number of ether oxygens (including phenoxy) is 1. The Labute approximate surface area is 275 Å². The van der Waals surface area contributed by atoms with Gasteiger partial charge >= 0.3 is 276 Å². The maximum atomic E-state index is 14.3. The number of nitrogens with zero attached hydrogens (tertiary/aromatic N) is 1. The number of benzene rings is 2. The molecule has 45 heavy (non-hydrogen) atoms. The van der Waals surface area contributed by atoms with Gasteiger partial charge in [0.2, 0.25) is 0 Å². The molecule has 0 aliphatic carbocycles. The summed E-state index contributed by atoms with van der Waals surface area (Å²) in [5, 5.41) is 13.0. The molecule has 0 spiro atoms. The van der Waals surface area contributed by atoms with Crippen LogP contribution in [0.15, 0.2) is 54.6 Å². The molecular formula is C32H49IN4O7S. The van der Waals surface area contributed by atoms with Gasteiger partial charge in [-0.1, -0.05) is 0 Å². The van der Waals surface area contributed by atoms with Crippen molar-refractivity contribution in [3.63, 3.8) is 0 Å². The van der Waals surface area contributed by atoms with Gasteiger partial charge in [0.25, 0.3) is 0 Å². The molecule has 0 bridgehead atoms. The second-order valence-electron chi connectivity index (χ2n) is 10.9. The number of hydrogen-bond donors (Lipinski definition) is 4. The summed E-state index contributed by atoms with van der Waals surface area (Å²) < 4.78 is 34.5. The first-order chi connectivity index (χ1) is 21.4. The number of nitrogens with two attached hydrogens (primary N) is 1. The summed E-state index contributed by atoms with van der Waals surface area (Å²) in [4.78, 5) is 40.5. The van der Waals surface area contributed by atoms with Crippen LogP contribution >= 0.6 is 20.1 Å². The Hall–Kier alpha value is -2.75. The van der Waals surface area contributed by atoms with Crippen LogP contribution in [0.5, 0.6) is 5.75 Å². The minimum atomic E-state index is -3.75. The number of sulfone groups is 1. The number of rotatable bonds is 20. The predicted molar refractivity (Wildman–Crippen MR) is 186 cm³/mol. The molecule has 13 heteroatoms. The van der Waals surface area contributed by atoms with Gasteiger partial charge in [0, 0.05) is 0 Å². The molecular weight excluding hydrogens is 711 g/mol. The van der Waals surface area contributed by atoms with Crippen LogP contribution in [0.3, 0.4) is 0 Å². The van der Waals surface area contributed by atoms with Crippen molar-refractivity contribution >= 4 is 45.7 Å². The third kappa shape index (κ3) is 13.3. The van der Waals surface area contributed by atoms with Crippen molar-refractivity contribution in [2.75, 3.05) is 24.5 Å². The SMILES string of the molecule is CCCC(CCC)S(=O)(=O)CI(NC(=O)CCC(=O)NC)C(=O)N(Cc1cccc(OC)c1)C[C@@H](O)[C@@H](N)Cc1ccccc1. The van der Waals surface area contributed by atoms with Gasteiger partial charge in [-0.25, -0.2) is 0 Å². The van der Waals surface area contributed by atoms with Crippen LogP contribution in [0, 0.1) is 0 Å². The maximum absolute atomic E-state index is 14.3. The molecule has 2 aromatic carbocycles. The molecule has 3 amide bonds. The number of halogens is 1. The zero-order chi connectivity index (χ0) is 33.4. The third-order valence-electron chi connectivity index (χ3n) is 7.24. The molecule has 2 rings (SSSR count). The van der Waals surface area contributed by atoms with Crippen molar-refractivity contribution in [3.05, 3.63) is 65.7 Å². The van der Waals surface area contributed by atoms with Crippen molar-refractivity contribution in [1.82, 2.24) is 13.7 Å². The zero-order valence-corrected chi connectivity index (χ0v) is 29.7. The monoisotopic (exact) mass is 760 g/mol. The number of carbonyl (C=O) groups is 3. The van der Waals surface area contributed by atoms with E-state index < -0.39 is 60.9 Å². The molecule has 252 valence electrons. The van der Waals surface area contributed by atoms with Crippen LogP contribution in [0.4, 0.5) is 4.79 Å². The van der Waals surface area contributed by atoms with Gasteiger partial charge in [-0.05, 0) is 0 Å². The Kier molecular flexibility index (Phi) is 16.8. The van der Waals surface area contributed by atoms with Gasteiger partial charge in [-0.2, -0.15) is 0 Å². The van der Waals surface area contributed by atoms with E-state index in [0.717, 1.165) is 5.56 Å². The Morgan fingerprint density at radius 3 is 2.20 bits per heavy atom. The first-order valence-electron chi connectivity index (χ1n) is 15.2. The van der Waals surface area contributed by atoms with Crippen LogP contribution in [0.25, 0.3) is 0 Å². The van der Waals surface area contributed by atoms with Gasteiger partial charge in [0.05, 0.1) is 0 Å². The van der Waals surface area contributed by atoms with Crippen molar-refractivity contribution in [1.29, 1.82) is 0 Å². The average Bonchev–Trinajstić information content (AvgIpc) is 3.02. The number of aliphatic hydroxyl groups is 1. The van der Waals surface area contributed by atoms with E-state index in [9.17, 15) is 27.9 Å². The predicted octanol–water partition coefficient (Wildman–Crippen LogP) is 3.95. The summed E-state index contributed by atoms with van der Waals surface area (Å²) in [7, 11) is -0.767. The number of aliphatic hydroxyl groups excluding tert-OH is 1. The fourth-order valence-corrected chi connectivity index (χ4v) is 14.4. The van der Waals surface area contributed by atoms with E-state index in [2.05, 4.69) is 8.85 Å². The molecule has 5 N–H and O–H groups in total. The number of hydrogen-bond acceptors (Lipinski definition) is 8. The number of carbonyl (C=O) groups excluding carboxylic acids is 3. The number of amides is 3. The van der Waals surface area contributed by atoms with Gasteiger partial charge < -0.3 is 0 Å². The molecule has 2 atom stereocenters. The summed E-state index contributed by atoms with van der Waals surface area (Å²) in [6.45, 7) is 3.70. The Morgan fingerprint density at radius 2 is 1.60 bits per heavy atom. The molecule has 0 radical (unpaired) electrons. The van der Waals surface area contributed by atoms with Crippen LogP contribution in [0.2, 0.25) is 0 Å². The second kappa shape index (κ2) is 19.7. The second-order valence-corrected chi connectivity index (χ2v) is 18.5. The first-order valence-corrected chi connectivity index (χ1v) is 20.6. The summed E-state index contributed by atoms with van der Waals surface area (Å²) in [6, 6.07) is 15.8. The number of alkyl halides is 1. The Morgan fingerprint density at radius 1 is 0.978 bits per heavy atom. The Bertz CT molecular complexity index is 1320. The van der Waals surface area contributed by atoms with Crippen LogP contribution < -0.4 is 19.3 Å². The molecule has 0 fully saturated rings. The average molecular weight is 761 g/mol. The van der Waals surface area contributed by atoms with Crippen molar-refractivity contribution in [2.45, 2.75) is 82.7 Å². The summed E-state index contributed by atoms with van der Waals surface area (Å²) in [5.74, 6) is -0.327. The van der Waals surface area contributed by atoms with E-state index in [-0.39, 0.29) is 31.8 Å². The topological polar surface area (TPSA) is 168 Å². The van der Waals surface area contributed by atoms with E-state index in [1.54, 1.807) is 24.3 Å². The molecule has 0 saturated heterocycles. The van der Waals surface area contributed by atoms with E-state index >= 15 is 0 Å². The van der Waals surface area contributed by atoms with Crippen LogP contribution in [-0.2, 0) is 32.4 Å². The Balaban J connectivity index is 2.44. The summed E-state index contributed by atoms with van der Waals surface area (Å²) >= 11 is -3.52. The molecule has 0 aliphatic heterocycles. The van der Waals surface area contributed by atoms with Gasteiger partial charge in [0.1, 0.15) is 0 Å². The van der Waals surface area contributed by atoms with Gasteiger partial charge in [-0.15, -0.1) is 0 Å². The molecule has 0 saturated carbocycles. The zero-order valence-electron chi connectivity index (χ0n) is 26.7. The molecule has 0 aliphatic rings. The van der Waals surface area contributed by atoms with E-state index in [1.807, 2.05) is 44.2 Å². The van der Waals surface area contributed by atoms with Crippen molar-refractivity contribution in [3.8, 4) is 5.75 Å². The number of methoxy groups -OCH3 is 1. The standard InChI is InChI=1S/C32H49IN4O7S/c1-5-11-27(12-6-2)45(42,43)23-33(36-31(40)18-17-30(39)35-3)32(41)37(21-25-15-10-16-26(19-25)44-4)22-29(38)28(34)20-24-13-8-7-9-14-24/h7-10,13-16,19,27-29,38H,5-6,11-12,17-18,20-23,34H2,1-4H3,(H,35,39)(H,36,40)/t28-,29+/m0/s1. The third-order valence-corrected chi connectivity index (χ3v) is 16.8. The van der Waals surface area contributed by atoms with E-state index in [1.165, 1.54) is 19.1 Å². The van der Waals surface area contributed by atoms with Crippen molar-refractivity contribution < 1.29 is 32.6 Å². The summed E-state index contributed by atoms with van der Waals surface area (Å²) in [5.41, 5.74) is 8.01. The molecule has 11 nitrogen and oxygen atoms in total. The molecule has 0 aromatic heterocycles. The summed E-state index contributed by atoms with van der Waals surface area (Å²) in [6.07, 6.45) is 1.20. The quantitative estimate of drug-likeness (QED) is 0.0518. The van der Waals surface area contributed by atoms with E-state index in [0.29, 0.717) is 43.4 Å². The van der Waals surface area contributed by atoms with Crippen LogP contribution in [-0.4, -0.2) is 76.0 Å². The van der Waals surface area contributed by atoms with Gasteiger partial charge in [-0.3, -0.25) is 0 Å².